The quantitative estimate of drug-likeness (QED) is 0.177. The highest BCUT2D eigenvalue weighted by atomic mass is 32.1. The maximum atomic E-state index is 7.01. The van der Waals surface area contributed by atoms with E-state index in [4.69, 9.17) is 4.74 Å². The zero-order valence-electron chi connectivity index (χ0n) is 29.1. The van der Waals surface area contributed by atoms with Crippen molar-refractivity contribution in [2.75, 3.05) is 4.90 Å². The van der Waals surface area contributed by atoms with Crippen molar-refractivity contribution in [1.29, 1.82) is 0 Å². The summed E-state index contributed by atoms with van der Waals surface area (Å²) in [6.45, 7) is 0. The van der Waals surface area contributed by atoms with Crippen molar-refractivity contribution < 1.29 is 4.74 Å². The van der Waals surface area contributed by atoms with E-state index in [2.05, 4.69) is 181 Å². The smallest absolute Gasteiger partial charge is 0.135 e. The highest BCUT2D eigenvalue weighted by molar-refractivity contribution is 7.25. The average molecular weight is 698 g/mol. The number of anilines is 3. The summed E-state index contributed by atoms with van der Waals surface area (Å²) in [4.78, 5) is 2.39. The minimum atomic E-state index is -0.0711. The van der Waals surface area contributed by atoms with Gasteiger partial charge in [-0.25, -0.2) is 0 Å². The van der Waals surface area contributed by atoms with E-state index in [-0.39, 0.29) is 12.0 Å². The molecule has 0 radical (unpaired) electrons. The third kappa shape index (κ3) is 4.99. The van der Waals surface area contributed by atoms with Gasteiger partial charge >= 0.3 is 0 Å². The van der Waals surface area contributed by atoms with Crippen molar-refractivity contribution in [3.63, 3.8) is 0 Å². The van der Waals surface area contributed by atoms with Crippen LogP contribution in [0.15, 0.2) is 170 Å². The zero-order valence-corrected chi connectivity index (χ0v) is 29.9. The molecule has 2 unspecified atom stereocenters. The minimum absolute atomic E-state index is 0.0711. The van der Waals surface area contributed by atoms with Gasteiger partial charge in [0.05, 0.1) is 0 Å². The molecule has 0 amide bonds. The van der Waals surface area contributed by atoms with Crippen LogP contribution in [-0.4, -0.2) is 6.10 Å². The predicted octanol–water partition coefficient (Wildman–Crippen LogP) is 13.8. The maximum Gasteiger partial charge on any atom is 0.135 e. The Bertz CT molecular complexity index is 2820. The summed E-state index contributed by atoms with van der Waals surface area (Å²) >= 11 is 1.86. The van der Waals surface area contributed by atoms with Crippen LogP contribution >= 0.6 is 11.3 Å². The highest BCUT2D eigenvalue weighted by Gasteiger charge is 2.39. The molecular formula is C50H35NOS. The van der Waals surface area contributed by atoms with Crippen LogP contribution < -0.4 is 9.64 Å². The largest absolute Gasteiger partial charge is 0.484 e. The van der Waals surface area contributed by atoms with Gasteiger partial charge in [-0.3, -0.25) is 0 Å². The standard InChI is InChI=1S/C50H35NOS/c1-2-12-33(13-3-1)45-31-46-44-19-10-18-39(49(44)52-50(46)43-17-7-6-15-40(43)45)34-22-24-36(25-23-34)51(37-26-21-32-11-4-5-14-35(32)29-37)38-27-28-42-41-16-8-9-20-47(41)53-48(42)30-38/h1-5,7-14,16-31,44,49H,6,15H2. The van der Waals surface area contributed by atoms with Crippen molar-refractivity contribution >= 4 is 71.0 Å². The summed E-state index contributed by atoms with van der Waals surface area (Å²) < 4.78 is 9.62. The number of benzene rings is 7. The number of thiophene rings is 1. The molecule has 1 aromatic heterocycles. The van der Waals surface area contributed by atoms with Crippen molar-refractivity contribution in [2.45, 2.75) is 24.9 Å². The van der Waals surface area contributed by atoms with E-state index < -0.39 is 0 Å². The van der Waals surface area contributed by atoms with Gasteiger partial charge in [0.25, 0.3) is 0 Å². The number of fused-ring (bicyclic) bond motifs is 9. The summed E-state index contributed by atoms with van der Waals surface area (Å²) in [7, 11) is 0. The maximum absolute atomic E-state index is 7.01. The molecule has 53 heavy (non-hydrogen) atoms. The van der Waals surface area contributed by atoms with Gasteiger partial charge in [-0.15, -0.1) is 11.3 Å². The Morgan fingerprint density at radius 3 is 2.28 bits per heavy atom. The van der Waals surface area contributed by atoms with Gasteiger partial charge in [0.15, 0.2) is 0 Å². The van der Waals surface area contributed by atoms with Gasteiger partial charge in [-0.2, -0.15) is 0 Å². The van der Waals surface area contributed by atoms with Crippen molar-refractivity contribution in [2.24, 2.45) is 0 Å². The highest BCUT2D eigenvalue weighted by Crippen LogP contribution is 2.52. The zero-order chi connectivity index (χ0) is 34.9. The van der Waals surface area contributed by atoms with Crippen molar-refractivity contribution in [3.8, 4) is 16.9 Å². The number of rotatable bonds is 5. The van der Waals surface area contributed by atoms with E-state index in [0.29, 0.717) is 0 Å². The molecule has 3 aliphatic rings. The molecular weight excluding hydrogens is 663 g/mol. The Labute approximate surface area is 313 Å². The number of nitrogens with zero attached hydrogens (tertiary/aromatic N) is 1. The molecule has 0 saturated carbocycles. The lowest BCUT2D eigenvalue weighted by Crippen LogP contribution is -2.21. The fourth-order valence-electron chi connectivity index (χ4n) is 8.75. The number of allylic oxidation sites excluding steroid dienone is 3. The van der Waals surface area contributed by atoms with Crippen molar-refractivity contribution in [1.82, 2.24) is 0 Å². The van der Waals surface area contributed by atoms with Crippen LogP contribution in [0.2, 0.25) is 0 Å². The Hall–Kier alpha value is -6.16. The van der Waals surface area contributed by atoms with E-state index in [9.17, 15) is 0 Å². The Morgan fingerprint density at radius 2 is 1.38 bits per heavy atom. The molecule has 3 heteroatoms. The Balaban J connectivity index is 0.980. The topological polar surface area (TPSA) is 12.5 Å². The van der Waals surface area contributed by atoms with Gasteiger partial charge in [-0.1, -0.05) is 127 Å². The van der Waals surface area contributed by atoms with Crippen LogP contribution in [0.5, 0.6) is 5.75 Å². The minimum Gasteiger partial charge on any atom is -0.484 e. The molecule has 7 aromatic carbocycles. The molecule has 0 spiro atoms. The SMILES string of the molecule is C1=CC2c3cc(-c4ccccc4)c4c(c3OC2C(c2ccc(N(c3ccc5ccccc5c3)c3ccc5c(c3)sc3ccccc35)cc2)=C1)C=CCC4. The molecule has 0 fully saturated rings. The Morgan fingerprint density at radius 1 is 0.623 bits per heavy atom. The molecule has 2 aliphatic carbocycles. The first-order chi connectivity index (χ1) is 26.3. The summed E-state index contributed by atoms with van der Waals surface area (Å²) in [6, 6.07) is 53.4. The average Bonchev–Trinajstić information content (AvgIpc) is 3.80. The van der Waals surface area contributed by atoms with Crippen LogP contribution in [0.3, 0.4) is 0 Å². The van der Waals surface area contributed by atoms with E-state index in [1.807, 2.05) is 11.3 Å². The molecule has 8 aromatic rings. The van der Waals surface area contributed by atoms with E-state index in [1.165, 1.54) is 69.9 Å². The lowest BCUT2D eigenvalue weighted by molar-refractivity contribution is 0.277. The van der Waals surface area contributed by atoms with Gasteiger partial charge < -0.3 is 9.64 Å². The number of hydrogen-bond acceptors (Lipinski definition) is 3. The van der Waals surface area contributed by atoms with Crippen LogP contribution in [0.25, 0.3) is 53.7 Å². The summed E-state index contributed by atoms with van der Waals surface area (Å²) in [5.74, 6) is 1.22. The first-order valence-corrected chi connectivity index (χ1v) is 19.4. The van der Waals surface area contributed by atoms with E-state index >= 15 is 0 Å². The van der Waals surface area contributed by atoms with E-state index in [0.717, 1.165) is 35.7 Å². The molecule has 0 bridgehead atoms. The van der Waals surface area contributed by atoms with Crippen LogP contribution in [0.4, 0.5) is 17.1 Å². The van der Waals surface area contributed by atoms with Gasteiger partial charge in [-0.05, 0) is 94.4 Å². The van der Waals surface area contributed by atoms with Crippen LogP contribution in [0, 0.1) is 0 Å². The van der Waals surface area contributed by atoms with Crippen LogP contribution in [0.1, 0.15) is 34.6 Å². The molecule has 2 heterocycles. The normalized spacial score (nSPS) is 17.0. The van der Waals surface area contributed by atoms with Crippen molar-refractivity contribution in [3.05, 3.63) is 192 Å². The second-order valence-corrected chi connectivity index (χ2v) is 15.4. The third-order valence-electron chi connectivity index (χ3n) is 11.3. The number of ether oxygens (including phenoxy) is 1. The molecule has 11 rings (SSSR count). The fourth-order valence-corrected chi connectivity index (χ4v) is 9.89. The second kappa shape index (κ2) is 12.2. The van der Waals surface area contributed by atoms with Gasteiger partial charge in [0, 0.05) is 59.9 Å². The predicted molar refractivity (Wildman–Crippen MR) is 225 cm³/mol. The fraction of sp³-hybridized carbons (Fsp3) is 0.0800. The van der Waals surface area contributed by atoms with Crippen LogP contribution in [-0.2, 0) is 6.42 Å². The monoisotopic (exact) mass is 697 g/mol. The first-order valence-electron chi connectivity index (χ1n) is 18.5. The molecule has 0 saturated heterocycles. The van der Waals surface area contributed by atoms with E-state index in [1.54, 1.807) is 0 Å². The lowest BCUT2D eigenvalue weighted by atomic mass is 9.81. The summed E-state index contributed by atoms with van der Waals surface area (Å²) in [6.07, 6.45) is 13.4. The number of hydrogen-bond donors (Lipinski definition) is 0. The third-order valence-corrected chi connectivity index (χ3v) is 12.4. The Kier molecular flexibility index (Phi) is 7.03. The molecule has 2 nitrogen and oxygen atoms in total. The molecule has 252 valence electrons. The van der Waals surface area contributed by atoms with Gasteiger partial charge in [0.1, 0.15) is 11.9 Å². The first kappa shape index (κ1) is 30.5. The summed E-state index contributed by atoms with van der Waals surface area (Å²) in [5, 5.41) is 5.09. The molecule has 0 N–H and O–H groups in total. The molecule has 2 atom stereocenters. The lowest BCUT2D eigenvalue weighted by Gasteiger charge is -2.27. The van der Waals surface area contributed by atoms with Gasteiger partial charge in [0.2, 0.25) is 0 Å². The summed E-state index contributed by atoms with van der Waals surface area (Å²) in [5.41, 5.74) is 12.4. The molecule has 1 aliphatic heterocycles. The second-order valence-electron chi connectivity index (χ2n) is 14.3.